The number of hydrogen-bond donors (Lipinski definition) is 1. The average Bonchev–Trinajstić information content (AvgIpc) is 3.24. The highest BCUT2D eigenvalue weighted by Crippen LogP contribution is 2.35. The average molecular weight is 466 g/mol. The molecule has 1 aromatic carbocycles. The smallest absolute Gasteiger partial charge is 0.276 e. The Hall–Kier alpha value is -3.04. The zero-order chi connectivity index (χ0) is 23.1. The van der Waals surface area contributed by atoms with E-state index in [1.54, 1.807) is 22.8 Å². The first-order valence-electron chi connectivity index (χ1n) is 12.0. The van der Waals surface area contributed by atoms with Gasteiger partial charge in [0.05, 0.1) is 11.2 Å². The second-order valence-corrected chi connectivity index (χ2v) is 9.48. The van der Waals surface area contributed by atoms with E-state index in [0.717, 1.165) is 55.6 Å². The number of fused-ring (bicyclic) bond motifs is 1. The van der Waals surface area contributed by atoms with Gasteiger partial charge in [0.1, 0.15) is 19.0 Å². The van der Waals surface area contributed by atoms with Crippen LogP contribution < -0.4 is 20.3 Å². The molecule has 0 spiro atoms. The fourth-order valence-corrected chi connectivity index (χ4v) is 5.61. The third-order valence-corrected chi connectivity index (χ3v) is 7.13. The number of halogens is 1. The molecule has 0 aliphatic carbocycles. The number of hydrogen-bond acceptors (Lipinski definition) is 7. The monoisotopic (exact) mass is 465 g/mol. The molecule has 1 saturated heterocycles. The molecule has 2 atom stereocenters. The van der Waals surface area contributed by atoms with Crippen molar-refractivity contribution < 1.29 is 13.9 Å². The Balaban J connectivity index is 1.07. The summed E-state index contributed by atoms with van der Waals surface area (Å²) < 4.78 is 27.6. The molecule has 3 aliphatic rings. The van der Waals surface area contributed by atoms with Gasteiger partial charge in [0, 0.05) is 49.8 Å². The van der Waals surface area contributed by atoms with Crippen LogP contribution in [0.25, 0.3) is 10.9 Å². The summed E-state index contributed by atoms with van der Waals surface area (Å²) in [7, 11) is 0. The molecule has 0 bridgehead atoms. The highest BCUT2D eigenvalue weighted by Gasteiger charge is 2.31. The third kappa shape index (κ3) is 4.03. The number of ether oxygens (including phenoxy) is 2. The van der Waals surface area contributed by atoms with Crippen LogP contribution in [0.4, 0.5) is 4.39 Å². The number of nitrogens with one attached hydrogen (secondary N) is 1. The summed E-state index contributed by atoms with van der Waals surface area (Å²) in [6, 6.07) is 8.57. The Morgan fingerprint density at radius 2 is 2.00 bits per heavy atom. The van der Waals surface area contributed by atoms with E-state index >= 15 is 0 Å². The number of nitrogens with zero attached hydrogens (tertiary/aromatic N) is 4. The molecule has 0 amide bonds. The van der Waals surface area contributed by atoms with Gasteiger partial charge in [-0.3, -0.25) is 4.79 Å². The number of piperidine rings is 1. The van der Waals surface area contributed by atoms with Crippen molar-refractivity contribution in [2.24, 2.45) is 5.92 Å². The first kappa shape index (κ1) is 21.5. The number of pyridine rings is 1. The Morgan fingerprint density at radius 1 is 1.12 bits per heavy atom. The van der Waals surface area contributed by atoms with Gasteiger partial charge in [-0.15, -0.1) is 5.10 Å². The van der Waals surface area contributed by atoms with E-state index in [2.05, 4.69) is 20.4 Å². The van der Waals surface area contributed by atoms with E-state index in [-0.39, 0.29) is 17.3 Å². The fraction of sp³-hybridized carbons (Fsp3) is 0.480. The molecule has 1 N–H and O–H groups in total. The van der Waals surface area contributed by atoms with Gasteiger partial charge in [-0.05, 0) is 55.4 Å². The second kappa shape index (κ2) is 8.96. The lowest BCUT2D eigenvalue weighted by atomic mass is 9.94. The molecule has 0 saturated carbocycles. The molecule has 6 rings (SSSR count). The van der Waals surface area contributed by atoms with Crippen LogP contribution in [0.2, 0.25) is 0 Å². The zero-order valence-corrected chi connectivity index (χ0v) is 19.0. The summed E-state index contributed by atoms with van der Waals surface area (Å²) in [5.41, 5.74) is 2.25. The third-order valence-electron chi connectivity index (χ3n) is 7.13. The van der Waals surface area contributed by atoms with Crippen molar-refractivity contribution >= 4 is 10.9 Å². The molecule has 3 aromatic rings. The second-order valence-electron chi connectivity index (χ2n) is 9.48. The molecule has 8 nitrogen and oxygen atoms in total. The first-order valence-corrected chi connectivity index (χ1v) is 12.0. The van der Waals surface area contributed by atoms with Gasteiger partial charge >= 0.3 is 0 Å². The maximum absolute atomic E-state index is 14.8. The van der Waals surface area contributed by atoms with Crippen molar-refractivity contribution in [3.8, 4) is 11.6 Å². The van der Waals surface area contributed by atoms with E-state index in [1.165, 1.54) is 6.07 Å². The molecule has 9 heteroatoms. The molecule has 178 valence electrons. The van der Waals surface area contributed by atoms with Crippen molar-refractivity contribution in [2.75, 3.05) is 39.4 Å². The van der Waals surface area contributed by atoms with Crippen LogP contribution in [0.15, 0.2) is 35.1 Å². The van der Waals surface area contributed by atoms with Crippen LogP contribution >= 0.6 is 0 Å². The summed E-state index contributed by atoms with van der Waals surface area (Å²) in [6.07, 6.45) is 2.27. The van der Waals surface area contributed by atoms with Gasteiger partial charge < -0.3 is 24.3 Å². The molecule has 34 heavy (non-hydrogen) atoms. The summed E-state index contributed by atoms with van der Waals surface area (Å²) >= 11 is 0. The quantitative estimate of drug-likeness (QED) is 0.598. The van der Waals surface area contributed by atoms with Gasteiger partial charge in [0.15, 0.2) is 5.75 Å². The molecule has 0 radical (unpaired) electrons. The minimum absolute atomic E-state index is 0.00139. The lowest BCUT2D eigenvalue weighted by molar-refractivity contribution is 0.159. The van der Waals surface area contributed by atoms with Crippen molar-refractivity contribution in [1.82, 2.24) is 25.0 Å². The van der Waals surface area contributed by atoms with E-state index in [0.29, 0.717) is 49.4 Å². The molecule has 1 fully saturated rings. The molecule has 3 aliphatic heterocycles. The standard InChI is InChI=1S/C25H28FN5O3/c26-20-5-3-17-4-6-22(32)31-15-18(23(20)24(17)31)14-30-7-1-2-16(13-30)11-27-12-19-10-21-25(29-28-19)34-9-8-33-21/h3-6,10,16,18,27H,1-2,7-9,11-15H2/t16?,18-/m1/s1. The zero-order valence-electron chi connectivity index (χ0n) is 19.0. The number of benzene rings is 1. The topological polar surface area (TPSA) is 81.5 Å². The normalized spacial score (nSPS) is 21.8. The first-order chi connectivity index (χ1) is 16.7. The van der Waals surface area contributed by atoms with E-state index < -0.39 is 0 Å². The Bertz CT molecular complexity index is 1280. The van der Waals surface area contributed by atoms with Crippen LogP contribution in [-0.2, 0) is 13.1 Å². The highest BCUT2D eigenvalue weighted by atomic mass is 19.1. The summed E-state index contributed by atoms with van der Waals surface area (Å²) in [6.45, 7) is 5.80. The van der Waals surface area contributed by atoms with Gasteiger partial charge in [-0.25, -0.2) is 4.39 Å². The molecular weight excluding hydrogens is 437 g/mol. The summed E-state index contributed by atoms with van der Waals surface area (Å²) in [5.74, 6) is 1.41. The minimum atomic E-state index is -0.204. The van der Waals surface area contributed by atoms with Crippen LogP contribution in [0.5, 0.6) is 11.6 Å². The molecule has 1 unspecified atom stereocenters. The van der Waals surface area contributed by atoms with Crippen molar-refractivity contribution in [1.29, 1.82) is 0 Å². The largest absolute Gasteiger partial charge is 0.484 e. The van der Waals surface area contributed by atoms with Crippen LogP contribution in [0.3, 0.4) is 0 Å². The van der Waals surface area contributed by atoms with Gasteiger partial charge in [-0.1, -0.05) is 0 Å². The van der Waals surface area contributed by atoms with Gasteiger partial charge in [-0.2, -0.15) is 5.10 Å². The highest BCUT2D eigenvalue weighted by molar-refractivity contribution is 5.84. The van der Waals surface area contributed by atoms with Gasteiger partial charge in [0.25, 0.3) is 11.4 Å². The summed E-state index contributed by atoms with van der Waals surface area (Å²) in [5, 5.41) is 12.8. The Kier molecular flexibility index (Phi) is 5.66. The Morgan fingerprint density at radius 3 is 2.94 bits per heavy atom. The van der Waals surface area contributed by atoms with E-state index in [1.807, 2.05) is 6.07 Å². The fourth-order valence-electron chi connectivity index (χ4n) is 5.61. The van der Waals surface area contributed by atoms with Crippen LogP contribution in [-0.4, -0.2) is 59.1 Å². The maximum Gasteiger partial charge on any atom is 0.276 e. The predicted molar refractivity (Wildman–Crippen MR) is 125 cm³/mol. The van der Waals surface area contributed by atoms with Crippen molar-refractivity contribution in [2.45, 2.75) is 31.8 Å². The van der Waals surface area contributed by atoms with E-state index in [9.17, 15) is 9.18 Å². The number of rotatable bonds is 6. The van der Waals surface area contributed by atoms with Crippen LogP contribution in [0.1, 0.15) is 30.0 Å². The minimum Gasteiger partial charge on any atom is -0.484 e. The maximum atomic E-state index is 14.8. The molecule has 5 heterocycles. The van der Waals surface area contributed by atoms with Crippen LogP contribution in [0, 0.1) is 11.7 Å². The SMILES string of the molecule is O=c1ccc2ccc(F)c3c2n1C[C@H]3CN1CCCC(CNCc2cc3c(nn2)OCCO3)C1. The molecule has 2 aromatic heterocycles. The Labute approximate surface area is 196 Å². The number of aromatic nitrogens is 3. The lowest BCUT2D eigenvalue weighted by Gasteiger charge is -2.34. The molecular formula is C25H28FN5O3. The number of likely N-dealkylation sites (tertiary alicyclic amines) is 1. The predicted octanol–water partition coefficient (Wildman–Crippen LogP) is 2.30. The van der Waals surface area contributed by atoms with Gasteiger partial charge in [0.2, 0.25) is 0 Å². The summed E-state index contributed by atoms with van der Waals surface area (Å²) in [4.78, 5) is 14.8. The lowest BCUT2D eigenvalue weighted by Crippen LogP contribution is -2.41. The van der Waals surface area contributed by atoms with E-state index in [4.69, 9.17) is 9.47 Å². The van der Waals surface area contributed by atoms with Crippen molar-refractivity contribution in [3.05, 3.63) is 57.8 Å². The van der Waals surface area contributed by atoms with Crippen molar-refractivity contribution in [3.63, 3.8) is 0 Å².